The number of hydrogen-bond acceptors (Lipinski definition) is 3. The topological polar surface area (TPSA) is 43.6 Å². The van der Waals surface area contributed by atoms with Crippen LogP contribution >= 0.6 is 0 Å². The third-order valence-electron chi connectivity index (χ3n) is 3.73. The van der Waals surface area contributed by atoms with Crippen LogP contribution in [0, 0.1) is 5.82 Å². The molecule has 5 heteroatoms. The normalized spacial score (nSPS) is 11.0. The van der Waals surface area contributed by atoms with Crippen LogP contribution in [0.4, 0.5) is 4.39 Å². The lowest BCUT2D eigenvalue weighted by molar-refractivity contribution is 0.575. The van der Waals surface area contributed by atoms with Gasteiger partial charge in [0.1, 0.15) is 5.82 Å². The lowest BCUT2D eigenvalue weighted by Gasteiger charge is -2.05. The van der Waals surface area contributed by atoms with Gasteiger partial charge >= 0.3 is 0 Å². The second-order valence-electron chi connectivity index (χ2n) is 5.29. The van der Waals surface area contributed by atoms with Crippen LogP contribution in [-0.2, 0) is 6.54 Å². The van der Waals surface area contributed by atoms with E-state index >= 15 is 0 Å². The SMILES string of the molecule is Fc1cccc(-c2nnn(Cc3cccc4ccccc34)n2)c1. The predicted molar refractivity (Wildman–Crippen MR) is 86.3 cm³/mol. The summed E-state index contributed by atoms with van der Waals surface area (Å²) in [6.07, 6.45) is 0. The smallest absolute Gasteiger partial charge is 0.205 e. The van der Waals surface area contributed by atoms with Gasteiger partial charge < -0.3 is 0 Å². The molecule has 23 heavy (non-hydrogen) atoms. The molecule has 112 valence electrons. The zero-order chi connectivity index (χ0) is 15.6. The first-order chi connectivity index (χ1) is 11.3. The Morgan fingerprint density at radius 1 is 0.913 bits per heavy atom. The van der Waals surface area contributed by atoms with Crippen molar-refractivity contribution in [3.63, 3.8) is 0 Å². The molecule has 0 aliphatic heterocycles. The number of rotatable bonds is 3. The Morgan fingerprint density at radius 3 is 2.65 bits per heavy atom. The molecule has 3 aromatic carbocycles. The molecule has 4 nitrogen and oxygen atoms in total. The van der Waals surface area contributed by atoms with Crippen LogP contribution < -0.4 is 0 Å². The third kappa shape index (κ3) is 2.68. The van der Waals surface area contributed by atoms with Crippen LogP contribution in [0.3, 0.4) is 0 Å². The molecule has 0 amide bonds. The van der Waals surface area contributed by atoms with Gasteiger partial charge in [-0.15, -0.1) is 10.2 Å². The van der Waals surface area contributed by atoms with Crippen molar-refractivity contribution in [1.29, 1.82) is 0 Å². The number of hydrogen-bond donors (Lipinski definition) is 0. The molecule has 0 bridgehead atoms. The van der Waals surface area contributed by atoms with Crippen molar-refractivity contribution < 1.29 is 4.39 Å². The minimum Gasteiger partial charge on any atom is -0.207 e. The summed E-state index contributed by atoms with van der Waals surface area (Å²) in [5.74, 6) is 0.109. The average Bonchev–Trinajstić information content (AvgIpc) is 3.04. The standard InChI is InChI=1S/C18H13FN4/c19-16-9-4-7-14(11-16)18-20-22-23(21-18)12-15-8-3-6-13-5-1-2-10-17(13)15/h1-11H,12H2. The molecule has 4 aromatic rings. The average molecular weight is 304 g/mol. The van der Waals surface area contributed by atoms with Gasteiger partial charge in [-0.05, 0) is 33.7 Å². The molecule has 0 aliphatic rings. The molecule has 0 radical (unpaired) electrons. The van der Waals surface area contributed by atoms with E-state index in [0.717, 1.165) is 5.56 Å². The Morgan fingerprint density at radius 2 is 1.74 bits per heavy atom. The van der Waals surface area contributed by atoms with Crippen LogP contribution in [0.1, 0.15) is 5.56 Å². The molecule has 0 atom stereocenters. The second kappa shape index (κ2) is 5.61. The van der Waals surface area contributed by atoms with E-state index in [1.54, 1.807) is 12.1 Å². The van der Waals surface area contributed by atoms with E-state index < -0.39 is 0 Å². The molecule has 1 aromatic heterocycles. The van der Waals surface area contributed by atoms with Gasteiger partial charge in [0, 0.05) is 5.56 Å². The maximum atomic E-state index is 13.3. The van der Waals surface area contributed by atoms with Gasteiger partial charge in [0.05, 0.1) is 6.54 Å². The number of nitrogens with zero attached hydrogens (tertiary/aromatic N) is 4. The van der Waals surface area contributed by atoms with E-state index in [9.17, 15) is 4.39 Å². The van der Waals surface area contributed by atoms with Crippen molar-refractivity contribution in [1.82, 2.24) is 20.2 Å². The Kier molecular flexibility index (Phi) is 3.31. The van der Waals surface area contributed by atoms with Gasteiger partial charge in [-0.25, -0.2) is 4.39 Å². The molecular formula is C18H13FN4. The fourth-order valence-corrected chi connectivity index (χ4v) is 2.64. The zero-order valence-electron chi connectivity index (χ0n) is 12.2. The van der Waals surface area contributed by atoms with Crippen LogP contribution in [-0.4, -0.2) is 20.2 Å². The van der Waals surface area contributed by atoms with Gasteiger partial charge in [-0.2, -0.15) is 4.80 Å². The van der Waals surface area contributed by atoms with Crippen molar-refractivity contribution in [2.45, 2.75) is 6.54 Å². The molecule has 0 fully saturated rings. The summed E-state index contributed by atoms with van der Waals surface area (Å²) < 4.78 is 13.3. The molecule has 1 heterocycles. The Labute approximate surface area is 132 Å². The first-order valence-electron chi connectivity index (χ1n) is 7.30. The van der Waals surface area contributed by atoms with Crippen LogP contribution in [0.2, 0.25) is 0 Å². The van der Waals surface area contributed by atoms with Gasteiger partial charge in [-0.1, -0.05) is 54.6 Å². The van der Waals surface area contributed by atoms with Crippen molar-refractivity contribution in [3.05, 3.63) is 78.1 Å². The predicted octanol–water partition coefficient (Wildman–Crippen LogP) is 3.68. The number of fused-ring (bicyclic) bond motifs is 1. The summed E-state index contributed by atoms with van der Waals surface area (Å²) in [7, 11) is 0. The van der Waals surface area contributed by atoms with Crippen molar-refractivity contribution in [2.24, 2.45) is 0 Å². The second-order valence-corrected chi connectivity index (χ2v) is 5.29. The lowest BCUT2D eigenvalue weighted by Crippen LogP contribution is -2.04. The van der Waals surface area contributed by atoms with E-state index in [4.69, 9.17) is 0 Å². The van der Waals surface area contributed by atoms with Gasteiger partial charge in [0.15, 0.2) is 0 Å². The number of benzene rings is 3. The quantitative estimate of drug-likeness (QED) is 0.580. The van der Waals surface area contributed by atoms with E-state index in [1.807, 2.05) is 24.3 Å². The molecular weight excluding hydrogens is 291 g/mol. The van der Waals surface area contributed by atoms with Gasteiger partial charge in [0.2, 0.25) is 5.82 Å². The maximum Gasteiger partial charge on any atom is 0.205 e. The highest BCUT2D eigenvalue weighted by atomic mass is 19.1. The fourth-order valence-electron chi connectivity index (χ4n) is 2.64. The minimum atomic E-state index is -0.312. The fraction of sp³-hybridized carbons (Fsp3) is 0.0556. The zero-order valence-corrected chi connectivity index (χ0v) is 12.2. The highest BCUT2D eigenvalue weighted by molar-refractivity contribution is 5.85. The highest BCUT2D eigenvalue weighted by Crippen LogP contribution is 2.19. The van der Waals surface area contributed by atoms with Crippen molar-refractivity contribution in [3.8, 4) is 11.4 Å². The molecule has 0 unspecified atom stereocenters. The molecule has 0 saturated heterocycles. The molecule has 0 spiro atoms. The molecule has 4 rings (SSSR count). The van der Waals surface area contributed by atoms with Gasteiger partial charge in [0.25, 0.3) is 0 Å². The summed E-state index contributed by atoms with van der Waals surface area (Å²) in [5, 5.41) is 14.8. The van der Waals surface area contributed by atoms with Crippen molar-refractivity contribution in [2.75, 3.05) is 0 Å². The van der Waals surface area contributed by atoms with Crippen LogP contribution in [0.15, 0.2) is 66.7 Å². The van der Waals surface area contributed by atoms with E-state index in [2.05, 4.69) is 33.6 Å². The summed E-state index contributed by atoms with van der Waals surface area (Å²) in [5.41, 5.74) is 1.74. The maximum absolute atomic E-state index is 13.3. The van der Waals surface area contributed by atoms with Crippen LogP contribution in [0.5, 0.6) is 0 Å². The summed E-state index contributed by atoms with van der Waals surface area (Å²) >= 11 is 0. The monoisotopic (exact) mass is 304 g/mol. The third-order valence-corrected chi connectivity index (χ3v) is 3.73. The minimum absolute atomic E-state index is 0.312. The van der Waals surface area contributed by atoms with Gasteiger partial charge in [-0.3, -0.25) is 0 Å². The summed E-state index contributed by atoms with van der Waals surface area (Å²) in [6, 6.07) is 20.5. The van der Waals surface area contributed by atoms with E-state index in [1.165, 1.54) is 27.7 Å². The van der Waals surface area contributed by atoms with E-state index in [0.29, 0.717) is 17.9 Å². The lowest BCUT2D eigenvalue weighted by atomic mass is 10.1. The molecule has 0 N–H and O–H groups in total. The van der Waals surface area contributed by atoms with Crippen molar-refractivity contribution >= 4 is 10.8 Å². The Bertz CT molecular complexity index is 972. The molecule has 0 saturated carbocycles. The first-order valence-corrected chi connectivity index (χ1v) is 7.30. The summed E-state index contributed by atoms with van der Waals surface area (Å²) in [6.45, 7) is 0.518. The van der Waals surface area contributed by atoms with E-state index in [-0.39, 0.29) is 5.82 Å². The molecule has 0 aliphatic carbocycles. The Balaban J connectivity index is 1.67. The number of aromatic nitrogens is 4. The van der Waals surface area contributed by atoms with Crippen LogP contribution in [0.25, 0.3) is 22.2 Å². The number of tetrazole rings is 1. The first kappa shape index (κ1) is 13.6. The number of halogens is 1. The summed E-state index contributed by atoms with van der Waals surface area (Å²) in [4.78, 5) is 1.53. The highest BCUT2D eigenvalue weighted by Gasteiger charge is 2.08. The largest absolute Gasteiger partial charge is 0.207 e. The Hall–Kier alpha value is -3.08.